The number of hydrogen-bond acceptors (Lipinski definition) is 5. The van der Waals surface area contributed by atoms with Gasteiger partial charge in [-0.15, -0.1) is 0 Å². The van der Waals surface area contributed by atoms with E-state index in [0.717, 1.165) is 6.07 Å². The molecule has 102 valence electrons. The molecule has 0 radical (unpaired) electrons. The van der Waals surface area contributed by atoms with Crippen LogP contribution in [0.15, 0.2) is 18.2 Å². The average molecular weight is 268 g/mol. The standard InChI is InChI=1S/C12H13FN2O4/c1-18-11(16)9-3-2-7(4-10(9)13)15-6-8(5-14)19-12(15)17/h2-4,8H,5-6,14H2,1H3/t8-/m0/s1. The van der Waals surface area contributed by atoms with E-state index < -0.39 is 24.0 Å². The molecule has 0 unspecified atom stereocenters. The summed E-state index contributed by atoms with van der Waals surface area (Å²) in [6, 6.07) is 3.81. The fourth-order valence-corrected chi connectivity index (χ4v) is 1.80. The molecule has 2 rings (SSSR count). The van der Waals surface area contributed by atoms with Crippen molar-refractivity contribution in [2.45, 2.75) is 6.10 Å². The van der Waals surface area contributed by atoms with E-state index in [4.69, 9.17) is 10.5 Å². The Balaban J connectivity index is 2.25. The number of amides is 1. The number of nitrogens with two attached hydrogens (primary N) is 1. The topological polar surface area (TPSA) is 81.9 Å². The van der Waals surface area contributed by atoms with Crippen LogP contribution in [-0.2, 0) is 9.47 Å². The number of methoxy groups -OCH3 is 1. The Kier molecular flexibility index (Phi) is 3.66. The van der Waals surface area contributed by atoms with Gasteiger partial charge in [-0.1, -0.05) is 0 Å². The average Bonchev–Trinajstić information content (AvgIpc) is 2.79. The summed E-state index contributed by atoms with van der Waals surface area (Å²) in [5, 5.41) is 0. The van der Waals surface area contributed by atoms with Gasteiger partial charge in [-0.3, -0.25) is 4.90 Å². The van der Waals surface area contributed by atoms with Gasteiger partial charge >= 0.3 is 12.1 Å². The largest absolute Gasteiger partial charge is 0.465 e. The number of nitrogens with zero attached hydrogens (tertiary/aromatic N) is 1. The van der Waals surface area contributed by atoms with Crippen LogP contribution in [0, 0.1) is 5.82 Å². The van der Waals surface area contributed by atoms with Gasteiger partial charge in [0.1, 0.15) is 11.9 Å². The lowest BCUT2D eigenvalue weighted by Crippen LogP contribution is -2.27. The number of anilines is 1. The zero-order valence-corrected chi connectivity index (χ0v) is 10.3. The van der Waals surface area contributed by atoms with Crippen LogP contribution in [0.1, 0.15) is 10.4 Å². The van der Waals surface area contributed by atoms with Gasteiger partial charge in [-0.05, 0) is 18.2 Å². The minimum atomic E-state index is -0.770. The molecule has 0 spiro atoms. The van der Waals surface area contributed by atoms with Gasteiger partial charge in [0.25, 0.3) is 0 Å². The van der Waals surface area contributed by atoms with E-state index in [0.29, 0.717) is 5.69 Å². The van der Waals surface area contributed by atoms with E-state index in [2.05, 4.69) is 4.74 Å². The van der Waals surface area contributed by atoms with Crippen LogP contribution in [0.2, 0.25) is 0 Å². The second-order valence-electron chi connectivity index (χ2n) is 4.01. The van der Waals surface area contributed by atoms with Gasteiger partial charge in [0, 0.05) is 6.54 Å². The summed E-state index contributed by atoms with van der Waals surface area (Å²) in [6.07, 6.45) is -0.989. The monoisotopic (exact) mass is 268 g/mol. The van der Waals surface area contributed by atoms with Crippen molar-refractivity contribution in [3.8, 4) is 0 Å². The van der Waals surface area contributed by atoms with E-state index >= 15 is 0 Å². The Hall–Kier alpha value is -2.15. The molecular formula is C12H13FN2O4. The normalized spacial score (nSPS) is 18.4. The maximum Gasteiger partial charge on any atom is 0.414 e. The smallest absolute Gasteiger partial charge is 0.414 e. The van der Waals surface area contributed by atoms with Crippen LogP contribution < -0.4 is 10.6 Å². The van der Waals surface area contributed by atoms with Crippen LogP contribution in [0.4, 0.5) is 14.9 Å². The van der Waals surface area contributed by atoms with Crippen LogP contribution in [0.3, 0.4) is 0 Å². The summed E-state index contributed by atoms with van der Waals surface area (Å²) >= 11 is 0. The first-order valence-corrected chi connectivity index (χ1v) is 5.63. The number of hydrogen-bond donors (Lipinski definition) is 1. The Labute approximate surface area is 108 Å². The first kappa shape index (κ1) is 13.3. The van der Waals surface area contributed by atoms with Crippen molar-refractivity contribution in [2.24, 2.45) is 5.73 Å². The third kappa shape index (κ3) is 2.50. The third-order valence-electron chi connectivity index (χ3n) is 2.81. The molecule has 0 aromatic heterocycles. The number of rotatable bonds is 3. The lowest BCUT2D eigenvalue weighted by atomic mass is 10.2. The second-order valence-corrected chi connectivity index (χ2v) is 4.01. The predicted octanol–water partition coefficient (Wildman–Crippen LogP) is 0.896. The highest BCUT2D eigenvalue weighted by Crippen LogP contribution is 2.24. The summed E-state index contributed by atoms with van der Waals surface area (Å²) in [4.78, 5) is 24.1. The number of esters is 1. The lowest BCUT2D eigenvalue weighted by molar-refractivity contribution is 0.0595. The molecule has 19 heavy (non-hydrogen) atoms. The Morgan fingerprint density at radius 1 is 1.63 bits per heavy atom. The Morgan fingerprint density at radius 2 is 2.37 bits per heavy atom. The Bertz CT molecular complexity index is 520. The molecular weight excluding hydrogens is 255 g/mol. The number of cyclic esters (lactones) is 1. The highest BCUT2D eigenvalue weighted by molar-refractivity contribution is 5.93. The molecule has 0 saturated carbocycles. The number of carbonyl (C=O) groups is 2. The number of ether oxygens (including phenoxy) is 2. The second kappa shape index (κ2) is 5.23. The number of halogens is 1. The molecule has 1 aromatic carbocycles. The first-order chi connectivity index (χ1) is 9.06. The summed E-state index contributed by atoms with van der Waals surface area (Å²) in [6.45, 7) is 0.456. The van der Waals surface area contributed by atoms with Gasteiger partial charge in [-0.25, -0.2) is 14.0 Å². The molecule has 0 aliphatic carbocycles. The first-order valence-electron chi connectivity index (χ1n) is 5.63. The van der Waals surface area contributed by atoms with Gasteiger partial charge < -0.3 is 15.2 Å². The SMILES string of the molecule is COC(=O)c1ccc(N2C[C@H](CN)OC2=O)cc1F. The summed E-state index contributed by atoms with van der Waals surface area (Å²) in [5.41, 5.74) is 5.53. The molecule has 6 nitrogen and oxygen atoms in total. The zero-order chi connectivity index (χ0) is 14.0. The van der Waals surface area contributed by atoms with Crippen molar-refractivity contribution in [1.82, 2.24) is 0 Å². The molecule has 1 heterocycles. The highest BCUT2D eigenvalue weighted by Gasteiger charge is 2.31. The predicted molar refractivity (Wildman–Crippen MR) is 64.4 cm³/mol. The van der Waals surface area contributed by atoms with E-state index in [9.17, 15) is 14.0 Å². The van der Waals surface area contributed by atoms with Crippen molar-refractivity contribution in [2.75, 3.05) is 25.1 Å². The molecule has 1 aliphatic heterocycles. The fourth-order valence-electron chi connectivity index (χ4n) is 1.80. The van der Waals surface area contributed by atoms with E-state index in [1.807, 2.05) is 0 Å². The molecule has 7 heteroatoms. The van der Waals surface area contributed by atoms with Gasteiger partial charge in [0.05, 0.1) is 24.9 Å². The fraction of sp³-hybridized carbons (Fsp3) is 0.333. The van der Waals surface area contributed by atoms with Crippen LogP contribution >= 0.6 is 0 Å². The maximum atomic E-state index is 13.7. The number of carbonyl (C=O) groups excluding carboxylic acids is 2. The van der Waals surface area contributed by atoms with E-state index in [-0.39, 0.29) is 18.7 Å². The summed E-state index contributed by atoms with van der Waals surface area (Å²) in [7, 11) is 1.17. The summed E-state index contributed by atoms with van der Waals surface area (Å²) in [5.74, 6) is -1.53. The molecule has 1 amide bonds. The van der Waals surface area contributed by atoms with E-state index in [1.165, 1.54) is 24.1 Å². The van der Waals surface area contributed by atoms with Crippen molar-refractivity contribution in [3.63, 3.8) is 0 Å². The van der Waals surface area contributed by atoms with E-state index in [1.54, 1.807) is 0 Å². The molecule has 0 bridgehead atoms. The van der Waals surface area contributed by atoms with Crippen molar-refractivity contribution in [3.05, 3.63) is 29.6 Å². The van der Waals surface area contributed by atoms with Gasteiger partial charge in [0.15, 0.2) is 0 Å². The molecule has 1 aromatic rings. The van der Waals surface area contributed by atoms with Crippen LogP contribution in [-0.4, -0.2) is 38.4 Å². The molecule has 1 saturated heterocycles. The van der Waals surface area contributed by atoms with Crippen LogP contribution in [0.25, 0.3) is 0 Å². The highest BCUT2D eigenvalue weighted by atomic mass is 19.1. The van der Waals surface area contributed by atoms with Crippen molar-refractivity contribution >= 4 is 17.7 Å². The van der Waals surface area contributed by atoms with Gasteiger partial charge in [0.2, 0.25) is 0 Å². The van der Waals surface area contributed by atoms with Gasteiger partial charge in [-0.2, -0.15) is 0 Å². The van der Waals surface area contributed by atoms with Crippen LogP contribution in [0.5, 0.6) is 0 Å². The quantitative estimate of drug-likeness (QED) is 0.823. The Morgan fingerprint density at radius 3 is 2.89 bits per heavy atom. The van der Waals surface area contributed by atoms with Crippen molar-refractivity contribution < 1.29 is 23.5 Å². The third-order valence-corrected chi connectivity index (χ3v) is 2.81. The minimum absolute atomic E-state index is 0.186. The lowest BCUT2D eigenvalue weighted by Gasteiger charge is -2.13. The maximum absolute atomic E-state index is 13.7. The minimum Gasteiger partial charge on any atom is -0.465 e. The molecule has 1 fully saturated rings. The zero-order valence-electron chi connectivity index (χ0n) is 10.3. The van der Waals surface area contributed by atoms with Crippen molar-refractivity contribution in [1.29, 1.82) is 0 Å². The molecule has 1 atom stereocenters. The number of benzene rings is 1. The molecule has 1 aliphatic rings. The molecule has 2 N–H and O–H groups in total. The summed E-state index contributed by atoms with van der Waals surface area (Å²) < 4.78 is 23.1.